The van der Waals surface area contributed by atoms with Crippen molar-refractivity contribution in [3.63, 3.8) is 0 Å². The normalized spacial score (nSPS) is 34.1. The predicted octanol–water partition coefficient (Wildman–Crippen LogP) is 1.23. The predicted molar refractivity (Wildman–Crippen MR) is 65.9 cm³/mol. The molecular weight excluding hydrogens is 402 g/mol. The summed E-state index contributed by atoms with van der Waals surface area (Å²) >= 11 is 0. The van der Waals surface area contributed by atoms with Gasteiger partial charge < -0.3 is 9.47 Å². The van der Waals surface area contributed by atoms with Gasteiger partial charge in [0.05, 0.1) is 5.92 Å². The Morgan fingerprint density at radius 3 is 2.12 bits per heavy atom. The third kappa shape index (κ3) is 2.27. The molecule has 0 amide bonds. The molecule has 0 spiro atoms. The van der Waals surface area contributed by atoms with E-state index >= 15 is 0 Å². The van der Waals surface area contributed by atoms with Crippen molar-refractivity contribution in [2.24, 2.45) is 17.8 Å². The number of rotatable bonds is 3. The summed E-state index contributed by atoms with van der Waals surface area (Å²) in [6.07, 6.45) is -16.2. The van der Waals surface area contributed by atoms with Crippen LogP contribution in [-0.2, 0) is 29.2 Å². The highest BCUT2D eigenvalue weighted by atomic mass is 32.2. The Hall–Kier alpha value is -1.57. The van der Waals surface area contributed by atoms with Crippen molar-refractivity contribution in [2.45, 2.75) is 42.1 Å². The van der Waals surface area contributed by atoms with Gasteiger partial charge in [-0.25, -0.2) is 4.79 Å². The van der Waals surface area contributed by atoms with Gasteiger partial charge in [-0.3, -0.25) is 9.35 Å². The van der Waals surface area contributed by atoms with Crippen molar-refractivity contribution >= 4 is 22.1 Å². The molecule has 1 heterocycles. The molecule has 2 saturated carbocycles. The average molecular weight is 412 g/mol. The van der Waals surface area contributed by atoms with Gasteiger partial charge in [0.15, 0.2) is 0 Å². The first-order valence-corrected chi connectivity index (χ1v) is 8.59. The van der Waals surface area contributed by atoms with Gasteiger partial charge in [0.1, 0.15) is 12.2 Å². The monoisotopic (exact) mass is 412 g/mol. The first-order valence-electron chi connectivity index (χ1n) is 7.15. The molecule has 5 unspecified atom stereocenters. The molecule has 3 rings (SSSR count). The van der Waals surface area contributed by atoms with Gasteiger partial charge >= 0.3 is 39.2 Å². The van der Waals surface area contributed by atoms with Crippen LogP contribution in [0, 0.1) is 17.8 Å². The molecular formula is C12H10F6O7S. The minimum Gasteiger partial charge on any atom is -0.458 e. The fourth-order valence-corrected chi connectivity index (χ4v) is 4.90. The van der Waals surface area contributed by atoms with Crippen LogP contribution in [0.5, 0.6) is 0 Å². The smallest absolute Gasteiger partial charge is 0.430 e. The lowest BCUT2D eigenvalue weighted by Crippen LogP contribution is -2.68. The highest BCUT2D eigenvalue weighted by molar-refractivity contribution is 7.88. The topological polar surface area (TPSA) is 107 Å². The zero-order chi connectivity index (χ0) is 19.9. The lowest BCUT2D eigenvalue weighted by Gasteiger charge is -2.34. The molecule has 2 aliphatic carbocycles. The van der Waals surface area contributed by atoms with E-state index in [9.17, 15) is 44.3 Å². The number of halogens is 6. The average Bonchev–Trinajstić information content (AvgIpc) is 2.98. The lowest BCUT2D eigenvalue weighted by molar-refractivity contribution is -0.271. The van der Waals surface area contributed by atoms with Crippen LogP contribution in [0.15, 0.2) is 0 Å². The minimum absolute atomic E-state index is 0.0366. The lowest BCUT2D eigenvalue weighted by atomic mass is 9.88. The Morgan fingerprint density at radius 2 is 1.65 bits per heavy atom. The summed E-state index contributed by atoms with van der Waals surface area (Å²) in [6, 6.07) is 0. The van der Waals surface area contributed by atoms with Crippen molar-refractivity contribution in [3.05, 3.63) is 0 Å². The number of ether oxygens (including phenoxy) is 2. The molecule has 2 bridgehead atoms. The van der Waals surface area contributed by atoms with Crippen LogP contribution in [0.25, 0.3) is 0 Å². The van der Waals surface area contributed by atoms with E-state index in [0.29, 0.717) is 0 Å². The SMILES string of the molecule is O=C1OC2C3CC(CC13)C2OC(=O)C(C(F)(F)F)(C(F)(F)F)S(=O)(=O)O. The number of alkyl halides is 6. The van der Waals surface area contributed by atoms with E-state index in [1.165, 1.54) is 0 Å². The number of carbonyl (C=O) groups is 2. The Morgan fingerprint density at radius 1 is 1.12 bits per heavy atom. The van der Waals surface area contributed by atoms with Gasteiger partial charge in [-0.2, -0.15) is 34.8 Å². The van der Waals surface area contributed by atoms with Crippen LogP contribution >= 0.6 is 0 Å². The summed E-state index contributed by atoms with van der Waals surface area (Å²) in [6.45, 7) is 0. The van der Waals surface area contributed by atoms with E-state index in [4.69, 9.17) is 9.29 Å². The molecule has 26 heavy (non-hydrogen) atoms. The molecule has 7 nitrogen and oxygen atoms in total. The molecule has 5 atom stereocenters. The number of esters is 2. The van der Waals surface area contributed by atoms with Crippen LogP contribution in [0.4, 0.5) is 26.3 Å². The van der Waals surface area contributed by atoms with Crippen molar-refractivity contribution in [1.82, 2.24) is 0 Å². The second kappa shape index (κ2) is 5.24. The third-order valence-corrected chi connectivity index (χ3v) is 6.53. The van der Waals surface area contributed by atoms with Gasteiger partial charge in [-0.1, -0.05) is 0 Å². The fraction of sp³-hybridized carbons (Fsp3) is 0.833. The molecule has 3 aliphatic rings. The van der Waals surface area contributed by atoms with Crippen molar-refractivity contribution in [1.29, 1.82) is 0 Å². The molecule has 0 aromatic rings. The zero-order valence-corrected chi connectivity index (χ0v) is 13.2. The molecule has 1 saturated heterocycles. The number of fused-ring (bicyclic) bond motifs is 1. The maximum atomic E-state index is 13.1. The van der Waals surface area contributed by atoms with Gasteiger partial charge in [0.2, 0.25) is 0 Å². The van der Waals surface area contributed by atoms with Crippen LogP contribution in [0.1, 0.15) is 12.8 Å². The van der Waals surface area contributed by atoms with Crippen molar-refractivity contribution < 1.29 is 58.4 Å². The van der Waals surface area contributed by atoms with Gasteiger partial charge in [0.25, 0.3) is 0 Å². The summed E-state index contributed by atoms with van der Waals surface area (Å²) in [4.78, 5) is 23.4. The maximum Gasteiger partial charge on any atom is 0.430 e. The molecule has 3 fully saturated rings. The Bertz CT molecular complexity index is 743. The summed E-state index contributed by atoms with van der Waals surface area (Å²) in [7, 11) is -7.05. The second-order valence-corrected chi connectivity index (χ2v) is 7.99. The standard InChI is InChI=1S/C12H10F6O7S/c13-11(14,15)10(12(16,17)18,26(21,22)23)9(20)25-6-3-1-4-5(2-3)8(19)24-7(4)6/h3-7H,1-2H2,(H,21,22,23). The first kappa shape index (κ1) is 19.2. The van der Waals surface area contributed by atoms with E-state index in [0.717, 1.165) is 0 Å². The quantitative estimate of drug-likeness (QED) is 0.422. The summed E-state index contributed by atoms with van der Waals surface area (Å²) in [5.74, 6) is -5.77. The van der Waals surface area contributed by atoms with Crippen molar-refractivity contribution in [3.8, 4) is 0 Å². The highest BCUT2D eigenvalue weighted by Crippen LogP contribution is 2.56. The number of hydrogen-bond acceptors (Lipinski definition) is 6. The maximum absolute atomic E-state index is 13.1. The van der Waals surface area contributed by atoms with E-state index in [1.54, 1.807) is 0 Å². The molecule has 0 radical (unpaired) electrons. The van der Waals surface area contributed by atoms with E-state index in [1.807, 2.05) is 0 Å². The molecule has 0 aromatic heterocycles. The van der Waals surface area contributed by atoms with Crippen LogP contribution in [0.2, 0.25) is 0 Å². The first-order chi connectivity index (χ1) is 11.6. The van der Waals surface area contributed by atoms with Gasteiger partial charge in [-0.05, 0) is 12.8 Å². The second-order valence-electron chi connectivity index (χ2n) is 6.43. The largest absolute Gasteiger partial charge is 0.458 e. The summed E-state index contributed by atoms with van der Waals surface area (Å²) < 4.78 is 112. The Balaban J connectivity index is 1.99. The van der Waals surface area contributed by atoms with Crippen molar-refractivity contribution in [2.75, 3.05) is 0 Å². The summed E-state index contributed by atoms with van der Waals surface area (Å²) in [5.41, 5.74) is 0. The Kier molecular flexibility index (Phi) is 3.87. The molecule has 1 aliphatic heterocycles. The van der Waals surface area contributed by atoms with Crippen LogP contribution in [-0.4, -0.2) is 54.2 Å². The van der Waals surface area contributed by atoms with E-state index in [-0.39, 0.29) is 12.8 Å². The van der Waals surface area contributed by atoms with Crippen LogP contribution in [0.3, 0.4) is 0 Å². The van der Waals surface area contributed by atoms with E-state index in [2.05, 4.69) is 4.74 Å². The number of carbonyl (C=O) groups excluding carboxylic acids is 2. The summed E-state index contributed by atoms with van der Waals surface area (Å²) in [5, 5.41) is 0. The highest BCUT2D eigenvalue weighted by Gasteiger charge is 2.85. The molecule has 0 aromatic carbocycles. The molecule has 14 heteroatoms. The minimum atomic E-state index is -7.05. The van der Waals surface area contributed by atoms with Gasteiger partial charge in [0, 0.05) is 11.8 Å². The number of hydrogen-bond donors (Lipinski definition) is 1. The fourth-order valence-electron chi connectivity index (χ4n) is 4.06. The third-order valence-electron chi connectivity index (χ3n) is 5.13. The Labute approximate surface area is 141 Å². The zero-order valence-electron chi connectivity index (χ0n) is 12.4. The molecule has 1 N–H and O–H groups in total. The van der Waals surface area contributed by atoms with Crippen LogP contribution < -0.4 is 0 Å². The molecule has 148 valence electrons. The van der Waals surface area contributed by atoms with E-state index < -0.39 is 69.1 Å². The van der Waals surface area contributed by atoms with Gasteiger partial charge in [-0.15, -0.1) is 0 Å².